The largest absolute Gasteiger partial charge is 0.360 e. The molecule has 2 N–H and O–H groups in total. The predicted octanol–water partition coefficient (Wildman–Crippen LogP) is 1.51. The van der Waals surface area contributed by atoms with Crippen molar-refractivity contribution in [3.63, 3.8) is 0 Å². The quantitative estimate of drug-likeness (QED) is 0.898. The number of amides is 1. The second kappa shape index (κ2) is 5.02. The number of sulfone groups is 1. The third kappa shape index (κ3) is 2.75. The van der Waals surface area contributed by atoms with Crippen LogP contribution in [0.1, 0.15) is 6.42 Å². The molecule has 0 spiro atoms. The van der Waals surface area contributed by atoms with Crippen molar-refractivity contribution < 1.29 is 13.2 Å². The molecule has 0 saturated carbocycles. The Balaban J connectivity index is 1.68. The SMILES string of the molecule is O=C(Nc1nc(-c2ccc[nH]2)cs1)[C@H]1CCS(=O)(=O)C1. The summed E-state index contributed by atoms with van der Waals surface area (Å²) in [5, 5.41) is 5.02. The van der Waals surface area contributed by atoms with E-state index < -0.39 is 15.8 Å². The van der Waals surface area contributed by atoms with Gasteiger partial charge in [0.15, 0.2) is 15.0 Å². The van der Waals surface area contributed by atoms with E-state index in [1.807, 2.05) is 17.5 Å². The molecule has 0 aliphatic carbocycles. The van der Waals surface area contributed by atoms with Gasteiger partial charge in [-0.2, -0.15) is 0 Å². The molecule has 8 heteroatoms. The van der Waals surface area contributed by atoms with E-state index in [-0.39, 0.29) is 17.4 Å². The summed E-state index contributed by atoms with van der Waals surface area (Å²) in [6.07, 6.45) is 2.19. The van der Waals surface area contributed by atoms with E-state index in [2.05, 4.69) is 15.3 Å². The summed E-state index contributed by atoms with van der Waals surface area (Å²) in [5.41, 5.74) is 1.64. The molecular weight excluding hydrogens is 298 g/mol. The summed E-state index contributed by atoms with van der Waals surface area (Å²) in [4.78, 5) is 19.3. The molecule has 1 atom stereocenters. The van der Waals surface area contributed by atoms with E-state index in [9.17, 15) is 13.2 Å². The van der Waals surface area contributed by atoms with Gasteiger partial charge in [0, 0.05) is 11.6 Å². The standard InChI is InChI=1S/C12H13N3O3S2/c16-11(8-3-5-20(17,18)7-8)15-12-14-10(6-19-12)9-2-1-4-13-9/h1-2,4,6,8,13H,3,5,7H2,(H,14,15,16)/t8-/m0/s1. The van der Waals surface area contributed by atoms with Gasteiger partial charge in [-0.3, -0.25) is 4.79 Å². The Labute approximate surface area is 120 Å². The lowest BCUT2D eigenvalue weighted by Crippen LogP contribution is -2.23. The van der Waals surface area contributed by atoms with Crippen molar-refractivity contribution in [2.75, 3.05) is 16.8 Å². The van der Waals surface area contributed by atoms with Crippen LogP contribution in [0.2, 0.25) is 0 Å². The van der Waals surface area contributed by atoms with E-state index in [1.165, 1.54) is 11.3 Å². The van der Waals surface area contributed by atoms with Crippen LogP contribution in [0.3, 0.4) is 0 Å². The molecule has 20 heavy (non-hydrogen) atoms. The number of aromatic nitrogens is 2. The Hall–Kier alpha value is -1.67. The normalized spacial score (nSPS) is 20.9. The van der Waals surface area contributed by atoms with Gasteiger partial charge in [-0.25, -0.2) is 13.4 Å². The summed E-state index contributed by atoms with van der Waals surface area (Å²) in [7, 11) is -3.05. The Morgan fingerprint density at radius 3 is 3.00 bits per heavy atom. The van der Waals surface area contributed by atoms with Gasteiger partial charge in [-0.15, -0.1) is 11.3 Å². The van der Waals surface area contributed by atoms with Gasteiger partial charge in [0.05, 0.1) is 28.8 Å². The maximum atomic E-state index is 12.0. The zero-order valence-electron chi connectivity index (χ0n) is 10.5. The number of nitrogens with zero attached hydrogens (tertiary/aromatic N) is 1. The molecule has 0 radical (unpaired) electrons. The third-order valence-electron chi connectivity index (χ3n) is 3.21. The number of thiazole rings is 1. The first-order valence-corrected chi connectivity index (χ1v) is 8.84. The van der Waals surface area contributed by atoms with Crippen LogP contribution in [0.5, 0.6) is 0 Å². The van der Waals surface area contributed by atoms with Crippen LogP contribution in [-0.4, -0.2) is 35.8 Å². The predicted molar refractivity (Wildman–Crippen MR) is 77.3 cm³/mol. The zero-order chi connectivity index (χ0) is 14.2. The second-order valence-electron chi connectivity index (χ2n) is 4.71. The third-order valence-corrected chi connectivity index (χ3v) is 5.74. The Kier molecular flexibility index (Phi) is 3.35. The van der Waals surface area contributed by atoms with Crippen molar-refractivity contribution in [1.82, 2.24) is 9.97 Å². The number of carbonyl (C=O) groups is 1. The molecule has 106 valence electrons. The molecule has 6 nitrogen and oxygen atoms in total. The summed E-state index contributed by atoms with van der Waals surface area (Å²) in [6, 6.07) is 3.76. The van der Waals surface area contributed by atoms with Gasteiger partial charge < -0.3 is 10.3 Å². The first-order chi connectivity index (χ1) is 9.53. The van der Waals surface area contributed by atoms with Crippen LogP contribution in [0.25, 0.3) is 11.4 Å². The molecule has 0 unspecified atom stereocenters. The lowest BCUT2D eigenvalue weighted by atomic mass is 10.1. The minimum Gasteiger partial charge on any atom is -0.360 e. The maximum absolute atomic E-state index is 12.0. The van der Waals surface area contributed by atoms with E-state index in [4.69, 9.17) is 0 Å². The van der Waals surface area contributed by atoms with E-state index in [0.29, 0.717) is 11.6 Å². The number of rotatable bonds is 3. The van der Waals surface area contributed by atoms with Crippen molar-refractivity contribution in [2.24, 2.45) is 5.92 Å². The molecule has 2 aromatic heterocycles. The molecule has 1 saturated heterocycles. The fourth-order valence-corrected chi connectivity index (χ4v) is 4.61. The number of carbonyl (C=O) groups excluding carboxylic acids is 1. The van der Waals surface area contributed by atoms with Crippen molar-refractivity contribution in [1.29, 1.82) is 0 Å². The van der Waals surface area contributed by atoms with Gasteiger partial charge >= 0.3 is 0 Å². The molecule has 3 heterocycles. The lowest BCUT2D eigenvalue weighted by Gasteiger charge is -2.06. The number of H-pyrrole nitrogens is 1. The first-order valence-electron chi connectivity index (χ1n) is 6.14. The fraction of sp³-hybridized carbons (Fsp3) is 0.333. The van der Waals surface area contributed by atoms with Crippen molar-refractivity contribution in [3.05, 3.63) is 23.7 Å². The van der Waals surface area contributed by atoms with Crippen molar-refractivity contribution in [2.45, 2.75) is 6.42 Å². The highest BCUT2D eigenvalue weighted by Crippen LogP contribution is 2.25. The number of nitrogens with one attached hydrogen (secondary N) is 2. The molecule has 1 aliphatic rings. The Bertz CT molecular complexity index is 719. The van der Waals surface area contributed by atoms with E-state index >= 15 is 0 Å². The second-order valence-corrected chi connectivity index (χ2v) is 7.80. The molecular formula is C12H13N3O3S2. The van der Waals surface area contributed by atoms with E-state index in [0.717, 1.165) is 11.4 Å². The van der Waals surface area contributed by atoms with Crippen LogP contribution >= 0.6 is 11.3 Å². The summed E-state index contributed by atoms with van der Waals surface area (Å²) < 4.78 is 22.7. The minimum absolute atomic E-state index is 0.0618. The fourth-order valence-electron chi connectivity index (χ4n) is 2.15. The molecule has 0 aromatic carbocycles. The Morgan fingerprint density at radius 2 is 2.35 bits per heavy atom. The average Bonchev–Trinajstić information content (AvgIpc) is 3.07. The van der Waals surface area contributed by atoms with Crippen LogP contribution < -0.4 is 5.32 Å². The monoisotopic (exact) mass is 311 g/mol. The Morgan fingerprint density at radius 1 is 1.50 bits per heavy atom. The molecule has 1 fully saturated rings. The number of hydrogen-bond donors (Lipinski definition) is 2. The topological polar surface area (TPSA) is 91.9 Å². The summed E-state index contributed by atoms with van der Waals surface area (Å²) >= 11 is 1.32. The highest BCUT2D eigenvalue weighted by Gasteiger charge is 2.33. The highest BCUT2D eigenvalue weighted by atomic mass is 32.2. The van der Waals surface area contributed by atoms with E-state index in [1.54, 1.807) is 6.20 Å². The molecule has 0 bridgehead atoms. The van der Waals surface area contributed by atoms with Gasteiger partial charge in [0.25, 0.3) is 0 Å². The van der Waals surface area contributed by atoms with Crippen molar-refractivity contribution >= 4 is 32.2 Å². The van der Waals surface area contributed by atoms with Crippen LogP contribution in [-0.2, 0) is 14.6 Å². The average molecular weight is 311 g/mol. The molecule has 1 amide bonds. The summed E-state index contributed by atoms with van der Waals surface area (Å²) in [5.74, 6) is -0.694. The van der Waals surface area contributed by atoms with Crippen LogP contribution in [0.15, 0.2) is 23.7 Å². The lowest BCUT2D eigenvalue weighted by molar-refractivity contribution is -0.119. The maximum Gasteiger partial charge on any atom is 0.230 e. The van der Waals surface area contributed by atoms with Gasteiger partial charge in [0.2, 0.25) is 5.91 Å². The van der Waals surface area contributed by atoms with Gasteiger partial charge in [-0.1, -0.05) is 0 Å². The zero-order valence-corrected chi connectivity index (χ0v) is 12.1. The molecule has 3 rings (SSSR count). The smallest absolute Gasteiger partial charge is 0.230 e. The number of aromatic amines is 1. The number of anilines is 1. The van der Waals surface area contributed by atoms with Crippen LogP contribution in [0, 0.1) is 5.92 Å². The molecule has 1 aliphatic heterocycles. The van der Waals surface area contributed by atoms with Crippen LogP contribution in [0.4, 0.5) is 5.13 Å². The molecule has 2 aromatic rings. The number of hydrogen-bond acceptors (Lipinski definition) is 5. The van der Waals surface area contributed by atoms with Gasteiger partial charge in [-0.05, 0) is 18.6 Å². The highest BCUT2D eigenvalue weighted by molar-refractivity contribution is 7.91. The summed E-state index contributed by atoms with van der Waals surface area (Å²) in [6.45, 7) is 0. The van der Waals surface area contributed by atoms with Crippen molar-refractivity contribution in [3.8, 4) is 11.4 Å². The first kappa shape index (κ1) is 13.3. The van der Waals surface area contributed by atoms with Gasteiger partial charge in [0.1, 0.15) is 0 Å². The minimum atomic E-state index is -3.05.